The third-order valence-electron chi connectivity index (χ3n) is 4.34. The highest BCUT2D eigenvalue weighted by atomic mass is 35.5. The Morgan fingerprint density at radius 2 is 1.70 bits per heavy atom. The lowest BCUT2D eigenvalue weighted by atomic mass is 10.1. The van der Waals surface area contributed by atoms with E-state index in [0.717, 1.165) is 5.56 Å². The molecule has 4 N–H and O–H groups in total. The van der Waals surface area contributed by atoms with E-state index in [1.54, 1.807) is 30.3 Å². The van der Waals surface area contributed by atoms with Crippen LogP contribution in [-0.2, 0) is 9.84 Å². The van der Waals surface area contributed by atoms with Gasteiger partial charge in [-0.05, 0) is 42.0 Å². The minimum atomic E-state index is -3.62. The predicted octanol–water partition coefficient (Wildman–Crippen LogP) is 2.59. The highest BCUT2D eigenvalue weighted by molar-refractivity contribution is 7.92. The molecule has 3 rings (SSSR count). The fourth-order valence-corrected chi connectivity index (χ4v) is 5.73. The Morgan fingerprint density at radius 1 is 1.04 bits per heavy atom. The van der Waals surface area contributed by atoms with E-state index in [0.29, 0.717) is 10.0 Å². The molecule has 7 heteroatoms. The van der Waals surface area contributed by atoms with Crippen LogP contribution in [0, 0.1) is 0 Å². The van der Waals surface area contributed by atoms with Gasteiger partial charge >= 0.3 is 0 Å². The lowest BCUT2D eigenvalue weighted by Gasteiger charge is -2.09. The highest BCUT2D eigenvalue weighted by Crippen LogP contribution is 2.55. The molecule has 0 unspecified atom stereocenters. The van der Waals surface area contributed by atoms with Gasteiger partial charge in [-0.25, -0.2) is 8.42 Å². The summed E-state index contributed by atoms with van der Waals surface area (Å²) in [5, 5.41) is 0.236. The number of hydrogen-bond acceptors (Lipinski definition) is 4. The first-order valence-corrected chi connectivity index (χ1v) is 9.35. The summed E-state index contributed by atoms with van der Waals surface area (Å²) < 4.78 is 25.9. The number of benzene rings is 2. The summed E-state index contributed by atoms with van der Waals surface area (Å²) in [4.78, 5) is 0.194. The molecule has 1 aliphatic carbocycles. The summed E-state index contributed by atoms with van der Waals surface area (Å²) in [6.07, 6.45) is 0. The maximum absolute atomic E-state index is 12.9. The van der Waals surface area contributed by atoms with Gasteiger partial charge in [0.15, 0.2) is 9.84 Å². The molecule has 0 aliphatic heterocycles. The Kier molecular flexibility index (Phi) is 4.19. The molecule has 0 aromatic heterocycles. The van der Waals surface area contributed by atoms with Crippen molar-refractivity contribution in [3.05, 3.63) is 64.1 Å². The molecular weight excluding hydrogens is 355 g/mol. The molecule has 0 radical (unpaired) electrons. The molecule has 1 aliphatic rings. The molecule has 23 heavy (non-hydrogen) atoms. The summed E-state index contributed by atoms with van der Waals surface area (Å²) in [5.41, 5.74) is 11.9. The topological polar surface area (TPSA) is 86.2 Å². The molecule has 3 atom stereocenters. The van der Waals surface area contributed by atoms with Crippen LogP contribution in [0.4, 0.5) is 0 Å². The monoisotopic (exact) mass is 370 g/mol. The first-order valence-electron chi connectivity index (χ1n) is 7.04. The Labute approximate surface area is 145 Å². The van der Waals surface area contributed by atoms with Crippen molar-refractivity contribution in [1.82, 2.24) is 0 Å². The fraction of sp³-hybridized carbons (Fsp3) is 0.250. The largest absolute Gasteiger partial charge is 0.329 e. The number of sulfone groups is 1. The van der Waals surface area contributed by atoms with Crippen LogP contribution in [0.3, 0.4) is 0 Å². The van der Waals surface area contributed by atoms with Crippen molar-refractivity contribution in [1.29, 1.82) is 0 Å². The number of halogens is 2. The van der Waals surface area contributed by atoms with Gasteiger partial charge in [0.25, 0.3) is 0 Å². The first-order chi connectivity index (χ1) is 10.8. The molecule has 1 saturated carbocycles. The van der Waals surface area contributed by atoms with Gasteiger partial charge in [0.2, 0.25) is 0 Å². The summed E-state index contributed by atoms with van der Waals surface area (Å²) in [6.45, 7) is 0.0711. The molecule has 0 saturated heterocycles. The standard InChI is InChI=1S/C16H16Cl2N2O2S/c17-11-4-6-13(7-5-11)23(21,22)15-14(16(15,20)9-19)10-2-1-3-12(18)8-10/h1-8,14-15H,9,19-20H2/t14-,15-,16-/m0/s1. The van der Waals surface area contributed by atoms with E-state index in [2.05, 4.69) is 0 Å². The second kappa shape index (κ2) is 5.76. The van der Waals surface area contributed by atoms with Gasteiger partial charge in [-0.15, -0.1) is 0 Å². The quantitative estimate of drug-likeness (QED) is 0.865. The highest BCUT2D eigenvalue weighted by Gasteiger charge is 2.68. The van der Waals surface area contributed by atoms with Crippen molar-refractivity contribution >= 4 is 33.0 Å². The van der Waals surface area contributed by atoms with Crippen LogP contribution in [0.5, 0.6) is 0 Å². The molecule has 0 bridgehead atoms. The Hall–Kier alpha value is -1.11. The Bertz CT molecular complexity index is 839. The average molecular weight is 371 g/mol. The Balaban J connectivity index is 2.03. The third-order valence-corrected chi connectivity index (χ3v) is 7.14. The van der Waals surface area contributed by atoms with E-state index in [1.165, 1.54) is 12.1 Å². The maximum Gasteiger partial charge on any atom is 0.183 e. The summed E-state index contributed by atoms with van der Waals surface area (Å²) in [5.74, 6) is -0.383. The zero-order valence-corrected chi connectivity index (χ0v) is 14.4. The van der Waals surface area contributed by atoms with Crippen LogP contribution in [0.15, 0.2) is 53.4 Å². The second-order valence-electron chi connectivity index (χ2n) is 5.77. The molecule has 0 heterocycles. The number of nitrogens with two attached hydrogens (primary N) is 2. The molecule has 2 aromatic rings. The molecular formula is C16H16Cl2N2O2S. The average Bonchev–Trinajstić information content (AvgIpc) is 3.15. The predicted molar refractivity (Wildman–Crippen MR) is 92.6 cm³/mol. The summed E-state index contributed by atoms with van der Waals surface area (Å²) in [6, 6.07) is 13.1. The van der Waals surface area contributed by atoms with Crippen LogP contribution < -0.4 is 11.5 Å². The van der Waals surface area contributed by atoms with Crippen molar-refractivity contribution in [2.45, 2.75) is 21.6 Å². The van der Waals surface area contributed by atoms with Crippen LogP contribution in [0.2, 0.25) is 10.0 Å². The lowest BCUT2D eigenvalue weighted by Crippen LogP contribution is -2.39. The van der Waals surface area contributed by atoms with Crippen molar-refractivity contribution in [3.8, 4) is 0 Å². The number of hydrogen-bond donors (Lipinski definition) is 2. The molecule has 122 valence electrons. The molecule has 2 aromatic carbocycles. The van der Waals surface area contributed by atoms with Crippen molar-refractivity contribution in [3.63, 3.8) is 0 Å². The first kappa shape index (κ1) is 16.7. The van der Waals surface area contributed by atoms with Gasteiger partial charge in [-0.1, -0.05) is 35.3 Å². The van der Waals surface area contributed by atoms with Gasteiger partial charge < -0.3 is 11.5 Å². The van der Waals surface area contributed by atoms with Gasteiger partial charge in [-0.3, -0.25) is 0 Å². The zero-order valence-electron chi connectivity index (χ0n) is 12.1. The van der Waals surface area contributed by atoms with E-state index < -0.39 is 20.6 Å². The maximum atomic E-state index is 12.9. The second-order valence-corrected chi connectivity index (χ2v) is 8.71. The van der Waals surface area contributed by atoms with Gasteiger partial charge in [0.05, 0.1) is 15.7 Å². The van der Waals surface area contributed by atoms with Crippen molar-refractivity contribution in [2.24, 2.45) is 11.5 Å². The van der Waals surface area contributed by atoms with Gasteiger partial charge in [0.1, 0.15) is 0 Å². The molecule has 4 nitrogen and oxygen atoms in total. The van der Waals surface area contributed by atoms with Gasteiger partial charge in [-0.2, -0.15) is 0 Å². The Morgan fingerprint density at radius 3 is 2.26 bits per heavy atom. The van der Waals surface area contributed by atoms with E-state index in [-0.39, 0.29) is 17.4 Å². The molecule has 1 fully saturated rings. The fourth-order valence-electron chi connectivity index (χ4n) is 3.09. The normalized spacial score (nSPS) is 27.0. The van der Waals surface area contributed by atoms with Crippen molar-refractivity contribution in [2.75, 3.05) is 6.54 Å². The lowest BCUT2D eigenvalue weighted by molar-refractivity contribution is 0.586. The van der Waals surface area contributed by atoms with Crippen molar-refractivity contribution < 1.29 is 8.42 Å². The van der Waals surface area contributed by atoms with Crippen LogP contribution >= 0.6 is 23.2 Å². The molecule has 0 spiro atoms. The third kappa shape index (κ3) is 2.77. The van der Waals surface area contributed by atoms with E-state index >= 15 is 0 Å². The van der Waals surface area contributed by atoms with E-state index in [1.807, 2.05) is 6.07 Å². The summed E-state index contributed by atoms with van der Waals surface area (Å²) >= 11 is 11.8. The van der Waals surface area contributed by atoms with E-state index in [4.69, 9.17) is 34.7 Å². The summed E-state index contributed by atoms with van der Waals surface area (Å²) in [7, 11) is -3.62. The smallest absolute Gasteiger partial charge is 0.183 e. The number of rotatable bonds is 4. The SMILES string of the molecule is NC[C@]1(N)[C@@H](c2cccc(Cl)c2)[C@@H]1S(=O)(=O)c1ccc(Cl)cc1. The van der Waals surface area contributed by atoms with Gasteiger partial charge in [0, 0.05) is 22.5 Å². The minimum Gasteiger partial charge on any atom is -0.329 e. The van der Waals surface area contributed by atoms with Crippen LogP contribution in [0.1, 0.15) is 11.5 Å². The van der Waals surface area contributed by atoms with Crippen LogP contribution in [-0.4, -0.2) is 25.8 Å². The van der Waals surface area contributed by atoms with Crippen LogP contribution in [0.25, 0.3) is 0 Å². The minimum absolute atomic E-state index is 0.0711. The zero-order chi connectivity index (χ0) is 16.8. The molecule has 0 amide bonds. The van der Waals surface area contributed by atoms with E-state index in [9.17, 15) is 8.42 Å².